The number of aliphatic hydroxyl groups is 2. The lowest BCUT2D eigenvalue weighted by Crippen LogP contribution is -2.34. The third-order valence-electron chi connectivity index (χ3n) is 2.37. The molecule has 5 nitrogen and oxygen atoms in total. The monoisotopic (exact) mass is 238 g/mol. The molecular weight excluding hydrogens is 220 g/mol. The van der Waals surface area contributed by atoms with Gasteiger partial charge in [0, 0.05) is 24.9 Å². The molecule has 0 saturated carbocycles. The van der Waals surface area contributed by atoms with Gasteiger partial charge in [-0.05, 0) is 31.5 Å². The number of aliphatic hydroxyl groups excluding tert-OH is 2. The fourth-order valence-electron chi connectivity index (χ4n) is 1.62. The summed E-state index contributed by atoms with van der Waals surface area (Å²) in [5.41, 5.74) is 2.17. The molecule has 1 heterocycles. The number of aryl methyl sites for hydroxylation is 2. The third-order valence-corrected chi connectivity index (χ3v) is 2.37. The van der Waals surface area contributed by atoms with Crippen LogP contribution in [0.25, 0.3) is 0 Å². The van der Waals surface area contributed by atoms with Crippen molar-refractivity contribution in [2.45, 2.75) is 33.0 Å². The average molecular weight is 238 g/mol. The number of hydrogen-bond acceptors (Lipinski definition) is 4. The molecule has 0 aromatic carbocycles. The van der Waals surface area contributed by atoms with Crippen molar-refractivity contribution in [1.29, 1.82) is 0 Å². The van der Waals surface area contributed by atoms with E-state index in [1.807, 2.05) is 13.8 Å². The zero-order valence-corrected chi connectivity index (χ0v) is 10.3. The van der Waals surface area contributed by atoms with Crippen molar-refractivity contribution in [2.24, 2.45) is 0 Å². The lowest BCUT2D eigenvalue weighted by molar-refractivity contribution is -0.119. The van der Waals surface area contributed by atoms with E-state index in [2.05, 4.69) is 10.3 Å². The highest BCUT2D eigenvalue weighted by Crippen LogP contribution is 2.18. The number of amides is 1. The minimum Gasteiger partial charge on any atom is -0.388 e. The first-order valence-electron chi connectivity index (χ1n) is 5.46. The first kappa shape index (κ1) is 13.6. The Bertz CT molecular complexity index is 386. The van der Waals surface area contributed by atoms with Crippen LogP contribution in [0, 0.1) is 13.8 Å². The summed E-state index contributed by atoms with van der Waals surface area (Å²) in [6.07, 6.45) is -2.05. The van der Waals surface area contributed by atoms with Crippen LogP contribution in [-0.2, 0) is 4.79 Å². The van der Waals surface area contributed by atoms with E-state index in [9.17, 15) is 15.0 Å². The van der Waals surface area contributed by atoms with Gasteiger partial charge in [-0.15, -0.1) is 0 Å². The molecule has 0 aliphatic rings. The molecule has 5 heteroatoms. The maximum Gasteiger partial charge on any atom is 0.216 e. The zero-order valence-electron chi connectivity index (χ0n) is 10.3. The van der Waals surface area contributed by atoms with Gasteiger partial charge < -0.3 is 15.5 Å². The Kier molecular flexibility index (Phi) is 4.60. The van der Waals surface area contributed by atoms with Crippen molar-refractivity contribution in [1.82, 2.24) is 10.3 Å². The van der Waals surface area contributed by atoms with Gasteiger partial charge in [0.05, 0.1) is 0 Å². The molecule has 0 spiro atoms. The van der Waals surface area contributed by atoms with E-state index in [4.69, 9.17) is 0 Å². The van der Waals surface area contributed by atoms with E-state index >= 15 is 0 Å². The smallest absolute Gasteiger partial charge is 0.216 e. The Balaban J connectivity index is 2.73. The van der Waals surface area contributed by atoms with Crippen LogP contribution in [0.3, 0.4) is 0 Å². The van der Waals surface area contributed by atoms with Crippen LogP contribution >= 0.6 is 0 Å². The van der Waals surface area contributed by atoms with Crippen LogP contribution in [0.4, 0.5) is 0 Å². The Morgan fingerprint density at radius 2 is 1.88 bits per heavy atom. The first-order valence-corrected chi connectivity index (χ1v) is 5.46. The van der Waals surface area contributed by atoms with Gasteiger partial charge in [0.2, 0.25) is 5.91 Å². The Hall–Kier alpha value is -1.46. The van der Waals surface area contributed by atoms with E-state index in [-0.39, 0.29) is 12.5 Å². The number of pyridine rings is 1. The molecule has 0 saturated heterocycles. The van der Waals surface area contributed by atoms with Gasteiger partial charge >= 0.3 is 0 Å². The molecule has 0 fully saturated rings. The molecular formula is C12H18N2O3. The topological polar surface area (TPSA) is 82.5 Å². The van der Waals surface area contributed by atoms with E-state index in [1.54, 1.807) is 12.1 Å². The summed E-state index contributed by atoms with van der Waals surface area (Å²) in [6, 6.07) is 3.43. The number of rotatable bonds is 4. The van der Waals surface area contributed by atoms with Crippen molar-refractivity contribution in [2.75, 3.05) is 6.54 Å². The summed E-state index contributed by atoms with van der Waals surface area (Å²) in [5, 5.41) is 22.1. The summed E-state index contributed by atoms with van der Waals surface area (Å²) in [5.74, 6) is -0.238. The highest BCUT2D eigenvalue weighted by atomic mass is 16.3. The van der Waals surface area contributed by atoms with Gasteiger partial charge in [-0.2, -0.15) is 0 Å². The highest BCUT2D eigenvalue weighted by Gasteiger charge is 2.19. The molecule has 17 heavy (non-hydrogen) atoms. The normalized spacial score (nSPS) is 14.2. The molecule has 1 rings (SSSR count). The minimum absolute atomic E-state index is 0.0247. The predicted octanol–water partition coefficient (Wildman–Crippen LogP) is 0.229. The van der Waals surface area contributed by atoms with Gasteiger partial charge in [-0.1, -0.05) is 0 Å². The third kappa shape index (κ3) is 4.13. The van der Waals surface area contributed by atoms with Gasteiger partial charge in [-0.3, -0.25) is 9.78 Å². The van der Waals surface area contributed by atoms with Crippen LogP contribution < -0.4 is 5.32 Å². The van der Waals surface area contributed by atoms with Crippen molar-refractivity contribution in [3.63, 3.8) is 0 Å². The van der Waals surface area contributed by atoms with Crippen molar-refractivity contribution >= 4 is 5.91 Å². The maximum absolute atomic E-state index is 10.7. The van der Waals surface area contributed by atoms with Crippen LogP contribution in [-0.4, -0.2) is 33.8 Å². The molecule has 2 atom stereocenters. The zero-order chi connectivity index (χ0) is 13.0. The fraction of sp³-hybridized carbons (Fsp3) is 0.500. The molecule has 0 aliphatic heterocycles. The van der Waals surface area contributed by atoms with Gasteiger partial charge in [0.15, 0.2) is 0 Å². The van der Waals surface area contributed by atoms with Crippen LogP contribution in [0.5, 0.6) is 0 Å². The maximum atomic E-state index is 10.7. The number of aromatic nitrogens is 1. The van der Waals surface area contributed by atoms with Crippen LogP contribution in [0.2, 0.25) is 0 Å². The van der Waals surface area contributed by atoms with E-state index in [0.29, 0.717) is 5.56 Å². The van der Waals surface area contributed by atoms with Crippen LogP contribution in [0.1, 0.15) is 30.0 Å². The second-order valence-corrected chi connectivity index (χ2v) is 4.13. The van der Waals surface area contributed by atoms with Crippen LogP contribution in [0.15, 0.2) is 12.1 Å². The molecule has 0 aliphatic carbocycles. The molecule has 1 aromatic heterocycles. The molecule has 2 unspecified atom stereocenters. The second-order valence-electron chi connectivity index (χ2n) is 4.13. The summed E-state index contributed by atoms with van der Waals surface area (Å²) >= 11 is 0. The summed E-state index contributed by atoms with van der Waals surface area (Å²) in [4.78, 5) is 14.9. The fourth-order valence-corrected chi connectivity index (χ4v) is 1.62. The summed E-state index contributed by atoms with van der Waals surface area (Å²) in [6.45, 7) is 5.03. The van der Waals surface area contributed by atoms with Gasteiger partial charge in [0.1, 0.15) is 12.2 Å². The summed E-state index contributed by atoms with van der Waals surface area (Å²) < 4.78 is 0. The van der Waals surface area contributed by atoms with Crippen molar-refractivity contribution in [3.05, 3.63) is 29.1 Å². The standard InChI is InChI=1S/C12H18N2O3/c1-7-4-10(5-8(2)14-7)12(17)11(16)6-13-9(3)15/h4-5,11-12,16-17H,6H2,1-3H3,(H,13,15). The Morgan fingerprint density at radius 1 is 1.35 bits per heavy atom. The molecule has 0 radical (unpaired) electrons. The minimum atomic E-state index is -1.03. The first-order chi connectivity index (χ1) is 7.90. The Labute approximate surface area is 101 Å². The quantitative estimate of drug-likeness (QED) is 0.701. The molecule has 1 aromatic rings. The van der Waals surface area contributed by atoms with E-state index in [1.165, 1.54) is 6.92 Å². The van der Waals surface area contributed by atoms with E-state index < -0.39 is 12.2 Å². The Morgan fingerprint density at radius 3 is 2.35 bits per heavy atom. The van der Waals surface area contributed by atoms with Gasteiger partial charge in [-0.25, -0.2) is 0 Å². The predicted molar refractivity (Wildman–Crippen MR) is 63.4 cm³/mol. The number of carbonyl (C=O) groups excluding carboxylic acids is 1. The molecule has 0 bridgehead atoms. The number of carbonyl (C=O) groups is 1. The SMILES string of the molecule is CC(=O)NCC(O)C(O)c1cc(C)nc(C)c1. The lowest BCUT2D eigenvalue weighted by atomic mass is 10.0. The highest BCUT2D eigenvalue weighted by molar-refractivity contribution is 5.72. The van der Waals surface area contributed by atoms with E-state index in [0.717, 1.165) is 11.4 Å². The molecule has 94 valence electrons. The number of nitrogens with zero attached hydrogens (tertiary/aromatic N) is 1. The molecule has 3 N–H and O–H groups in total. The largest absolute Gasteiger partial charge is 0.388 e. The summed E-state index contributed by atoms with van der Waals surface area (Å²) in [7, 11) is 0. The van der Waals surface area contributed by atoms with Crippen molar-refractivity contribution in [3.8, 4) is 0 Å². The average Bonchev–Trinajstić information content (AvgIpc) is 2.23. The van der Waals surface area contributed by atoms with Crippen molar-refractivity contribution < 1.29 is 15.0 Å². The number of hydrogen-bond donors (Lipinski definition) is 3. The number of nitrogens with one attached hydrogen (secondary N) is 1. The second kappa shape index (κ2) is 5.75. The lowest BCUT2D eigenvalue weighted by Gasteiger charge is -2.19. The molecule has 1 amide bonds. The van der Waals surface area contributed by atoms with Gasteiger partial charge in [0.25, 0.3) is 0 Å².